The fourth-order valence-corrected chi connectivity index (χ4v) is 2.53. The number of halogens is 3. The minimum absolute atomic E-state index is 0.166. The Morgan fingerprint density at radius 1 is 1.00 bits per heavy atom. The number of thiocarbonyl (C=S) groups is 1. The third kappa shape index (κ3) is 6.73. The van der Waals surface area contributed by atoms with E-state index in [1.165, 1.54) is 12.1 Å². The van der Waals surface area contributed by atoms with E-state index in [2.05, 4.69) is 10.9 Å². The predicted octanol–water partition coefficient (Wildman–Crippen LogP) is 4.34. The first-order valence-electron chi connectivity index (χ1n) is 8.41. The Morgan fingerprint density at radius 2 is 1.67 bits per heavy atom. The molecule has 0 saturated carbocycles. The first-order valence-corrected chi connectivity index (χ1v) is 8.81. The summed E-state index contributed by atoms with van der Waals surface area (Å²) in [5.74, 6) is 0.557. The van der Waals surface area contributed by atoms with Crippen molar-refractivity contribution in [3.8, 4) is 11.5 Å². The van der Waals surface area contributed by atoms with E-state index >= 15 is 0 Å². The molecule has 0 aliphatic rings. The monoisotopic (exact) mass is 398 g/mol. The van der Waals surface area contributed by atoms with Crippen molar-refractivity contribution in [1.82, 2.24) is 10.9 Å². The number of unbranched alkanes of at least 4 members (excludes halogenated alkanes) is 1. The number of hydrazine groups is 1. The van der Waals surface area contributed by atoms with Gasteiger partial charge in [-0.25, -0.2) is 5.43 Å². The SMILES string of the molecule is CNNC(=S)c1ccc(OCCCCOc2ccccc2)c(C(F)(F)F)c1. The summed E-state index contributed by atoms with van der Waals surface area (Å²) in [6, 6.07) is 13.1. The number of hydrogen-bond acceptors (Lipinski definition) is 4. The highest BCUT2D eigenvalue weighted by Gasteiger charge is 2.35. The van der Waals surface area contributed by atoms with Gasteiger partial charge in [0.1, 0.15) is 16.5 Å². The van der Waals surface area contributed by atoms with Crippen LogP contribution < -0.4 is 20.3 Å². The van der Waals surface area contributed by atoms with Crippen LogP contribution in [0.25, 0.3) is 0 Å². The fraction of sp³-hybridized carbons (Fsp3) is 0.316. The van der Waals surface area contributed by atoms with Gasteiger partial charge in [-0.05, 0) is 43.2 Å². The number of benzene rings is 2. The number of alkyl halides is 3. The minimum atomic E-state index is -4.53. The van der Waals surface area contributed by atoms with Gasteiger partial charge < -0.3 is 14.9 Å². The van der Waals surface area contributed by atoms with Gasteiger partial charge in [0.05, 0.1) is 18.8 Å². The van der Waals surface area contributed by atoms with Crippen LogP contribution in [0.3, 0.4) is 0 Å². The summed E-state index contributed by atoms with van der Waals surface area (Å²) in [5.41, 5.74) is 4.60. The summed E-state index contributed by atoms with van der Waals surface area (Å²) in [6.45, 7) is 0.641. The second-order valence-electron chi connectivity index (χ2n) is 5.63. The van der Waals surface area contributed by atoms with Crippen LogP contribution in [-0.2, 0) is 6.18 Å². The van der Waals surface area contributed by atoms with Crippen LogP contribution in [0, 0.1) is 0 Å². The molecule has 0 spiro atoms. The summed E-state index contributed by atoms with van der Waals surface area (Å²) < 4.78 is 50.8. The van der Waals surface area contributed by atoms with Crippen LogP contribution in [0.2, 0.25) is 0 Å². The molecule has 0 amide bonds. The zero-order valence-electron chi connectivity index (χ0n) is 14.8. The smallest absolute Gasteiger partial charge is 0.419 e. The highest BCUT2D eigenvalue weighted by atomic mass is 32.1. The van der Waals surface area contributed by atoms with E-state index in [1.807, 2.05) is 30.3 Å². The van der Waals surface area contributed by atoms with E-state index < -0.39 is 11.7 Å². The Balaban J connectivity index is 1.88. The third-order valence-electron chi connectivity index (χ3n) is 3.59. The Kier molecular flexibility index (Phi) is 7.87. The molecule has 2 aromatic rings. The summed E-state index contributed by atoms with van der Waals surface area (Å²) in [6.07, 6.45) is -3.28. The maximum atomic E-state index is 13.3. The molecule has 2 aromatic carbocycles. The Bertz CT molecular complexity index is 739. The van der Waals surface area contributed by atoms with Gasteiger partial charge in [-0.2, -0.15) is 13.2 Å². The Morgan fingerprint density at radius 3 is 2.30 bits per heavy atom. The van der Waals surface area contributed by atoms with E-state index in [9.17, 15) is 13.2 Å². The molecular weight excluding hydrogens is 377 g/mol. The van der Waals surface area contributed by atoms with Gasteiger partial charge in [-0.15, -0.1) is 0 Å². The van der Waals surface area contributed by atoms with Crippen molar-refractivity contribution in [3.05, 3.63) is 59.7 Å². The molecule has 0 aromatic heterocycles. The van der Waals surface area contributed by atoms with Crippen molar-refractivity contribution in [1.29, 1.82) is 0 Å². The van der Waals surface area contributed by atoms with Gasteiger partial charge in [0.15, 0.2) is 0 Å². The molecule has 146 valence electrons. The Labute approximate surface area is 161 Å². The van der Waals surface area contributed by atoms with Crippen LogP contribution in [0.1, 0.15) is 24.0 Å². The molecule has 0 unspecified atom stereocenters. The molecular formula is C19H21F3N2O2S. The molecule has 8 heteroatoms. The second-order valence-corrected chi connectivity index (χ2v) is 6.04. The standard InChI is InChI=1S/C19H21F3N2O2S/c1-23-24-18(27)14-9-10-17(16(13-14)19(20,21)22)26-12-6-5-11-25-15-7-3-2-4-8-15/h2-4,7-10,13,23H,5-6,11-12H2,1H3,(H,24,27). The Hall–Kier alpha value is -2.32. The number of hydrogen-bond donors (Lipinski definition) is 2. The zero-order valence-corrected chi connectivity index (χ0v) is 15.6. The molecule has 0 radical (unpaired) electrons. The molecule has 0 aliphatic carbocycles. The van der Waals surface area contributed by atoms with E-state index in [1.54, 1.807) is 7.05 Å². The van der Waals surface area contributed by atoms with Gasteiger partial charge in [0.2, 0.25) is 0 Å². The summed E-state index contributed by atoms with van der Waals surface area (Å²) >= 11 is 5.03. The van der Waals surface area contributed by atoms with E-state index in [4.69, 9.17) is 21.7 Å². The number of ether oxygens (including phenoxy) is 2. The number of rotatable bonds is 9. The van der Waals surface area contributed by atoms with Crippen LogP contribution in [0.15, 0.2) is 48.5 Å². The van der Waals surface area contributed by atoms with Gasteiger partial charge in [0, 0.05) is 12.6 Å². The summed E-state index contributed by atoms with van der Waals surface area (Å²) in [4.78, 5) is 0.174. The van der Waals surface area contributed by atoms with Crippen LogP contribution >= 0.6 is 12.2 Å². The molecule has 2 N–H and O–H groups in total. The average molecular weight is 398 g/mol. The molecule has 2 rings (SSSR count). The van der Waals surface area contributed by atoms with Crippen molar-refractivity contribution in [2.24, 2.45) is 0 Å². The van der Waals surface area contributed by atoms with E-state index in [-0.39, 0.29) is 22.9 Å². The lowest BCUT2D eigenvalue weighted by molar-refractivity contribution is -0.139. The molecule has 0 heterocycles. The van der Waals surface area contributed by atoms with Crippen molar-refractivity contribution in [2.75, 3.05) is 20.3 Å². The average Bonchev–Trinajstić information content (AvgIpc) is 2.65. The zero-order chi connectivity index (χ0) is 19.7. The quantitative estimate of drug-likeness (QED) is 0.374. The topological polar surface area (TPSA) is 42.5 Å². The molecule has 0 bridgehead atoms. The first-order chi connectivity index (χ1) is 12.9. The van der Waals surface area contributed by atoms with Crippen LogP contribution in [0.4, 0.5) is 13.2 Å². The first kappa shape index (κ1) is 21.0. The molecule has 0 fully saturated rings. The molecule has 0 atom stereocenters. The third-order valence-corrected chi connectivity index (χ3v) is 3.93. The summed E-state index contributed by atoms with van der Waals surface area (Å²) in [7, 11) is 1.58. The number of para-hydroxylation sites is 1. The molecule has 0 aliphatic heterocycles. The maximum absolute atomic E-state index is 13.3. The fourth-order valence-electron chi connectivity index (χ4n) is 2.30. The van der Waals surface area contributed by atoms with Gasteiger partial charge in [-0.1, -0.05) is 30.4 Å². The lowest BCUT2D eigenvalue weighted by Crippen LogP contribution is -2.33. The molecule has 0 saturated heterocycles. The van der Waals surface area contributed by atoms with Gasteiger partial charge >= 0.3 is 6.18 Å². The molecule has 4 nitrogen and oxygen atoms in total. The van der Waals surface area contributed by atoms with Crippen molar-refractivity contribution in [2.45, 2.75) is 19.0 Å². The highest BCUT2D eigenvalue weighted by molar-refractivity contribution is 7.80. The second kappa shape index (κ2) is 10.1. The van der Waals surface area contributed by atoms with Crippen molar-refractivity contribution in [3.63, 3.8) is 0 Å². The minimum Gasteiger partial charge on any atom is -0.494 e. The lowest BCUT2D eigenvalue weighted by atomic mass is 10.1. The van der Waals surface area contributed by atoms with Gasteiger partial charge in [-0.3, -0.25) is 0 Å². The van der Waals surface area contributed by atoms with E-state index in [0.29, 0.717) is 19.4 Å². The predicted molar refractivity (Wildman–Crippen MR) is 102 cm³/mol. The normalized spacial score (nSPS) is 11.1. The van der Waals surface area contributed by atoms with E-state index in [0.717, 1.165) is 11.8 Å². The number of nitrogens with one attached hydrogen (secondary N) is 2. The van der Waals surface area contributed by atoms with Crippen LogP contribution in [-0.4, -0.2) is 25.2 Å². The van der Waals surface area contributed by atoms with Crippen LogP contribution in [0.5, 0.6) is 11.5 Å². The van der Waals surface area contributed by atoms with Crippen molar-refractivity contribution >= 4 is 17.2 Å². The largest absolute Gasteiger partial charge is 0.494 e. The summed E-state index contributed by atoms with van der Waals surface area (Å²) in [5, 5.41) is 0. The highest BCUT2D eigenvalue weighted by Crippen LogP contribution is 2.37. The lowest BCUT2D eigenvalue weighted by Gasteiger charge is -2.16. The van der Waals surface area contributed by atoms with Crippen molar-refractivity contribution < 1.29 is 22.6 Å². The molecule has 27 heavy (non-hydrogen) atoms. The maximum Gasteiger partial charge on any atom is 0.419 e. The van der Waals surface area contributed by atoms with Gasteiger partial charge in [0.25, 0.3) is 0 Å².